The second kappa shape index (κ2) is 8.82. The minimum absolute atomic E-state index is 0.0879. The average Bonchev–Trinajstić information content (AvgIpc) is 3.06. The highest BCUT2D eigenvalue weighted by Crippen LogP contribution is 2.51. The smallest absolute Gasteiger partial charge is 0.419 e. The van der Waals surface area contributed by atoms with E-state index in [0.29, 0.717) is 62.7 Å². The summed E-state index contributed by atoms with van der Waals surface area (Å²) in [6, 6.07) is 8.82. The number of rotatable bonds is 4. The lowest BCUT2D eigenvalue weighted by molar-refractivity contribution is -0.866. The van der Waals surface area contributed by atoms with Gasteiger partial charge in [0.25, 0.3) is 0 Å². The van der Waals surface area contributed by atoms with Crippen LogP contribution in [0.15, 0.2) is 36.5 Å². The summed E-state index contributed by atoms with van der Waals surface area (Å²) in [7, 11) is 1.64. The van der Waals surface area contributed by atoms with Crippen molar-refractivity contribution < 1.29 is 32.1 Å². The summed E-state index contributed by atoms with van der Waals surface area (Å²) in [6.45, 7) is 0.939. The van der Waals surface area contributed by atoms with Crippen molar-refractivity contribution in [3.8, 4) is 11.8 Å². The van der Waals surface area contributed by atoms with Gasteiger partial charge in [-0.1, -0.05) is 0 Å². The number of ether oxygens (including phenoxy) is 1. The number of aromatic nitrogens is 1. The summed E-state index contributed by atoms with van der Waals surface area (Å²) >= 11 is 0. The fraction of sp³-hybridized carbons (Fsp3) is 0.462. The van der Waals surface area contributed by atoms with Crippen molar-refractivity contribution in [3.05, 3.63) is 58.6 Å². The molecule has 11 heteroatoms. The molecule has 2 aliphatic heterocycles. The summed E-state index contributed by atoms with van der Waals surface area (Å²) in [6.07, 6.45) is -1.14. The minimum atomic E-state index is -4.86. The maximum atomic E-state index is 13.6. The topological polar surface area (TPSA) is 106 Å². The number of piperidine rings is 1. The second-order valence-corrected chi connectivity index (χ2v) is 10.2. The van der Waals surface area contributed by atoms with Crippen LogP contribution in [0.5, 0.6) is 5.75 Å². The van der Waals surface area contributed by atoms with Crippen LogP contribution in [-0.4, -0.2) is 53.1 Å². The van der Waals surface area contributed by atoms with E-state index in [0.717, 1.165) is 6.20 Å². The van der Waals surface area contributed by atoms with Crippen LogP contribution in [0, 0.1) is 16.5 Å². The number of anilines is 1. The number of ketones is 1. The van der Waals surface area contributed by atoms with Crippen LogP contribution in [-0.2, 0) is 15.8 Å². The molecule has 1 unspecified atom stereocenters. The van der Waals surface area contributed by atoms with Gasteiger partial charge < -0.3 is 14.6 Å². The number of hydrogen-bond donors (Lipinski definition) is 0. The van der Waals surface area contributed by atoms with Crippen LogP contribution < -0.4 is 9.64 Å². The number of nitrogens with zero attached hydrogens (tertiary/aromatic N) is 4. The maximum Gasteiger partial charge on any atom is 0.419 e. The molecule has 3 aliphatic rings. The Morgan fingerprint density at radius 1 is 1.19 bits per heavy atom. The van der Waals surface area contributed by atoms with E-state index >= 15 is 0 Å². The third-order valence-corrected chi connectivity index (χ3v) is 7.70. The predicted octanol–water partition coefficient (Wildman–Crippen LogP) is 4.08. The van der Waals surface area contributed by atoms with Gasteiger partial charge in [0, 0.05) is 24.7 Å². The molecule has 5 rings (SSSR count). The molecule has 2 aromatic rings. The van der Waals surface area contributed by atoms with Crippen molar-refractivity contribution in [2.24, 2.45) is 0 Å². The van der Waals surface area contributed by atoms with Crippen LogP contribution in [0.25, 0.3) is 0 Å². The summed E-state index contributed by atoms with van der Waals surface area (Å²) in [5.41, 5.74) is -2.91. The first-order chi connectivity index (χ1) is 17.4. The Morgan fingerprint density at radius 2 is 1.84 bits per heavy atom. The molecule has 0 radical (unpaired) electrons. The fourth-order valence-corrected chi connectivity index (χ4v) is 5.50. The number of Topliss-reactive ketones (excluding diaryl/α,β-unsaturated/α-hetero) is 1. The third kappa shape index (κ3) is 4.34. The fourth-order valence-electron chi connectivity index (χ4n) is 5.50. The number of likely N-dealkylation sites (tertiary alicyclic amines) is 1. The monoisotopic (exact) mass is 514 g/mol. The van der Waals surface area contributed by atoms with Crippen molar-refractivity contribution >= 4 is 17.4 Å². The summed E-state index contributed by atoms with van der Waals surface area (Å²) in [5, 5.41) is 21.1. The van der Waals surface area contributed by atoms with E-state index in [2.05, 4.69) is 4.98 Å². The standard InChI is InChI=1S/C26H25F3N4O4/c1-33(36)11-7-19(8-12-33)37-18-5-3-17(4-6-18)32-24(35)22(23(34)25(32)9-2-10-25)16-13-20(26(27,28)29)21(14-30)31-15-16/h3-6,13,15,19,22H,2,7-12H2,1H3/t19-,22?,33-. The van der Waals surface area contributed by atoms with E-state index in [1.54, 1.807) is 31.3 Å². The third-order valence-electron chi connectivity index (χ3n) is 7.70. The molecule has 8 nitrogen and oxygen atoms in total. The van der Waals surface area contributed by atoms with E-state index in [1.165, 1.54) is 11.0 Å². The van der Waals surface area contributed by atoms with Gasteiger partial charge in [-0.15, -0.1) is 0 Å². The van der Waals surface area contributed by atoms with Crippen molar-refractivity contribution in [1.82, 2.24) is 4.98 Å². The molecule has 1 aromatic heterocycles. The first-order valence-electron chi connectivity index (χ1n) is 12.1. The molecule has 1 spiro atoms. The Balaban J connectivity index is 1.42. The lowest BCUT2D eigenvalue weighted by Crippen LogP contribution is -2.55. The molecular weight excluding hydrogens is 489 g/mol. The lowest BCUT2D eigenvalue weighted by Gasteiger charge is -2.44. The molecule has 3 fully saturated rings. The van der Waals surface area contributed by atoms with Gasteiger partial charge in [-0.2, -0.15) is 18.4 Å². The molecule has 2 saturated heterocycles. The van der Waals surface area contributed by atoms with Crippen LogP contribution >= 0.6 is 0 Å². The van der Waals surface area contributed by atoms with Crippen LogP contribution in [0.3, 0.4) is 0 Å². The van der Waals surface area contributed by atoms with Gasteiger partial charge in [0.05, 0.1) is 25.7 Å². The van der Waals surface area contributed by atoms with Gasteiger partial charge in [0.1, 0.15) is 29.4 Å². The molecule has 0 bridgehead atoms. The number of carbonyl (C=O) groups is 2. The SMILES string of the molecule is C[N@+]1([O-])CC[C@H](Oc2ccc(N3C(=O)C(c4cnc(C#N)c(C(F)(F)F)c4)C(=O)C34CCC4)cc2)CC1. The zero-order valence-corrected chi connectivity index (χ0v) is 20.1. The Morgan fingerprint density at radius 3 is 2.38 bits per heavy atom. The quantitative estimate of drug-likeness (QED) is 0.346. The normalized spacial score (nSPS) is 27.2. The largest absolute Gasteiger partial charge is 0.633 e. The molecule has 37 heavy (non-hydrogen) atoms. The number of benzene rings is 1. The Labute approximate surface area is 211 Å². The number of halogens is 3. The first kappa shape index (κ1) is 25.2. The minimum Gasteiger partial charge on any atom is -0.633 e. The van der Waals surface area contributed by atoms with Crippen molar-refractivity contribution in [1.29, 1.82) is 5.26 Å². The number of alkyl halides is 3. The van der Waals surface area contributed by atoms with Gasteiger partial charge in [0.15, 0.2) is 11.5 Å². The van der Waals surface area contributed by atoms with E-state index < -0.39 is 40.6 Å². The molecule has 1 aromatic carbocycles. The van der Waals surface area contributed by atoms with Crippen LogP contribution in [0.4, 0.5) is 18.9 Å². The Hall–Kier alpha value is -3.49. The molecule has 3 heterocycles. The van der Waals surface area contributed by atoms with E-state index in [-0.39, 0.29) is 16.3 Å². The number of carbonyl (C=O) groups excluding carboxylic acids is 2. The molecule has 1 amide bonds. The number of quaternary nitrogens is 1. The predicted molar refractivity (Wildman–Crippen MR) is 125 cm³/mol. The zero-order chi connectivity index (χ0) is 26.6. The second-order valence-electron chi connectivity index (χ2n) is 10.2. The number of hydroxylamine groups is 3. The molecule has 1 aliphatic carbocycles. The molecule has 194 valence electrons. The number of nitriles is 1. The van der Waals surface area contributed by atoms with Crippen LogP contribution in [0.2, 0.25) is 0 Å². The van der Waals surface area contributed by atoms with Crippen molar-refractivity contribution in [2.45, 2.75) is 55.8 Å². The molecule has 0 N–H and O–H groups in total. The van der Waals surface area contributed by atoms with Crippen molar-refractivity contribution in [3.63, 3.8) is 0 Å². The number of hydrogen-bond acceptors (Lipinski definition) is 6. The van der Waals surface area contributed by atoms with Gasteiger partial charge >= 0.3 is 6.18 Å². The maximum absolute atomic E-state index is 13.6. The number of pyridine rings is 1. The Bertz CT molecular complexity index is 1270. The highest BCUT2D eigenvalue weighted by Gasteiger charge is 2.62. The molecular formula is C26H25F3N4O4. The van der Waals surface area contributed by atoms with E-state index in [9.17, 15) is 28.0 Å². The lowest BCUT2D eigenvalue weighted by atomic mass is 9.71. The highest BCUT2D eigenvalue weighted by molar-refractivity contribution is 6.25. The summed E-state index contributed by atoms with van der Waals surface area (Å²) < 4.78 is 46.3. The molecule has 1 atom stereocenters. The first-order valence-corrected chi connectivity index (χ1v) is 12.1. The summed E-state index contributed by atoms with van der Waals surface area (Å²) in [4.78, 5) is 32.1. The van der Waals surface area contributed by atoms with Gasteiger partial charge in [-0.3, -0.25) is 14.5 Å². The highest BCUT2D eigenvalue weighted by atomic mass is 19.4. The van der Waals surface area contributed by atoms with Crippen LogP contribution in [0.1, 0.15) is 54.8 Å². The molecule has 1 saturated carbocycles. The van der Waals surface area contributed by atoms with Gasteiger partial charge in [-0.05, 0) is 55.2 Å². The summed E-state index contributed by atoms with van der Waals surface area (Å²) in [5.74, 6) is -1.93. The van der Waals surface area contributed by atoms with Gasteiger partial charge in [0.2, 0.25) is 5.91 Å². The van der Waals surface area contributed by atoms with E-state index in [1.807, 2.05) is 0 Å². The average molecular weight is 515 g/mol. The zero-order valence-electron chi connectivity index (χ0n) is 20.1. The van der Waals surface area contributed by atoms with Gasteiger partial charge in [-0.25, -0.2) is 4.98 Å². The van der Waals surface area contributed by atoms with E-state index in [4.69, 9.17) is 10.00 Å². The Kier molecular flexibility index (Phi) is 6.00. The van der Waals surface area contributed by atoms with Crippen molar-refractivity contribution in [2.75, 3.05) is 25.0 Å². The number of amides is 1.